The molecule has 2 aliphatic rings. The van der Waals surface area contributed by atoms with Crippen LogP contribution in [0.25, 0.3) is 0 Å². The highest BCUT2D eigenvalue weighted by Gasteiger charge is 2.32. The summed E-state index contributed by atoms with van der Waals surface area (Å²) in [6.07, 6.45) is 2.88. The monoisotopic (exact) mass is 361 g/mol. The minimum atomic E-state index is -0.480. The van der Waals surface area contributed by atoms with E-state index < -0.39 is 5.60 Å². The van der Waals surface area contributed by atoms with E-state index in [9.17, 15) is 4.79 Å². The molecule has 144 valence electrons. The number of amides is 1. The molecule has 26 heavy (non-hydrogen) atoms. The third-order valence-electron chi connectivity index (χ3n) is 4.94. The molecule has 1 atom stereocenters. The molecule has 0 aromatic carbocycles. The molecule has 0 aliphatic carbocycles. The Morgan fingerprint density at radius 2 is 1.92 bits per heavy atom. The van der Waals surface area contributed by atoms with Gasteiger partial charge in [0.05, 0.1) is 19.3 Å². The topological polar surface area (TPSA) is 54.9 Å². The van der Waals surface area contributed by atoms with Crippen LogP contribution in [0.5, 0.6) is 0 Å². The average molecular weight is 361 g/mol. The zero-order valence-corrected chi connectivity index (χ0v) is 16.5. The lowest BCUT2D eigenvalue weighted by atomic mass is 9.94. The molecule has 3 rings (SSSR count). The summed E-state index contributed by atoms with van der Waals surface area (Å²) in [5.41, 5.74) is 1.65. The zero-order chi connectivity index (χ0) is 18.7. The molecular formula is C20H31N3O3. The predicted molar refractivity (Wildman–Crippen MR) is 102 cm³/mol. The van der Waals surface area contributed by atoms with Crippen LogP contribution in [0.3, 0.4) is 0 Å². The fourth-order valence-corrected chi connectivity index (χ4v) is 3.67. The number of pyridine rings is 1. The maximum absolute atomic E-state index is 12.7. The Morgan fingerprint density at radius 3 is 2.58 bits per heavy atom. The Labute approximate surface area is 156 Å². The number of anilines is 1. The van der Waals surface area contributed by atoms with Gasteiger partial charge in [-0.1, -0.05) is 6.07 Å². The Morgan fingerprint density at radius 1 is 1.19 bits per heavy atom. The van der Waals surface area contributed by atoms with Crippen molar-refractivity contribution in [3.63, 3.8) is 0 Å². The zero-order valence-electron chi connectivity index (χ0n) is 16.5. The minimum Gasteiger partial charge on any atom is -0.444 e. The number of aromatic nitrogens is 1. The molecule has 0 unspecified atom stereocenters. The molecule has 1 aromatic heterocycles. The van der Waals surface area contributed by atoms with Crippen molar-refractivity contribution in [2.45, 2.75) is 58.6 Å². The van der Waals surface area contributed by atoms with Gasteiger partial charge >= 0.3 is 6.09 Å². The molecule has 0 bridgehead atoms. The summed E-state index contributed by atoms with van der Waals surface area (Å²) in [5.74, 6) is 0.995. The predicted octanol–water partition coefficient (Wildman–Crippen LogP) is 3.69. The van der Waals surface area contributed by atoms with Crippen molar-refractivity contribution < 1.29 is 14.3 Å². The van der Waals surface area contributed by atoms with Crippen molar-refractivity contribution in [3.05, 3.63) is 23.4 Å². The van der Waals surface area contributed by atoms with Gasteiger partial charge in [-0.3, -0.25) is 0 Å². The number of ether oxygens (including phenoxy) is 2. The Kier molecular flexibility index (Phi) is 5.70. The lowest BCUT2D eigenvalue weighted by Gasteiger charge is -2.37. The number of likely N-dealkylation sites (tertiary alicyclic amines) is 1. The first kappa shape index (κ1) is 19.0. The smallest absolute Gasteiger partial charge is 0.410 e. The molecule has 0 spiro atoms. The van der Waals surface area contributed by atoms with Gasteiger partial charge in [0, 0.05) is 25.3 Å². The van der Waals surface area contributed by atoms with Crippen molar-refractivity contribution >= 4 is 11.9 Å². The van der Waals surface area contributed by atoms with Gasteiger partial charge in [-0.2, -0.15) is 0 Å². The Balaban J connectivity index is 1.79. The molecule has 3 heterocycles. The van der Waals surface area contributed by atoms with Crippen LogP contribution >= 0.6 is 0 Å². The van der Waals surface area contributed by atoms with Crippen molar-refractivity contribution in [2.75, 3.05) is 37.7 Å². The number of rotatable bonds is 2. The van der Waals surface area contributed by atoms with Gasteiger partial charge < -0.3 is 19.3 Å². The van der Waals surface area contributed by atoms with Gasteiger partial charge in [0.1, 0.15) is 11.4 Å². The molecule has 1 aromatic rings. The van der Waals surface area contributed by atoms with Crippen LogP contribution in [0.15, 0.2) is 12.1 Å². The number of piperidine rings is 1. The van der Waals surface area contributed by atoms with Crippen LogP contribution in [0, 0.1) is 6.92 Å². The number of aryl methyl sites for hydroxylation is 1. The van der Waals surface area contributed by atoms with E-state index in [4.69, 9.17) is 14.5 Å². The van der Waals surface area contributed by atoms with Crippen LogP contribution in [-0.2, 0) is 9.47 Å². The van der Waals surface area contributed by atoms with Crippen molar-refractivity contribution in [1.82, 2.24) is 9.88 Å². The molecule has 2 aliphatic heterocycles. The largest absolute Gasteiger partial charge is 0.444 e. The number of morpholine rings is 1. The lowest BCUT2D eigenvalue weighted by Crippen LogP contribution is -2.42. The fraction of sp³-hybridized carbons (Fsp3) is 0.700. The van der Waals surface area contributed by atoms with Crippen LogP contribution in [0.2, 0.25) is 0 Å². The second-order valence-electron chi connectivity index (χ2n) is 8.13. The highest BCUT2D eigenvalue weighted by molar-refractivity contribution is 5.69. The molecule has 0 saturated carbocycles. The molecule has 0 N–H and O–H groups in total. The van der Waals surface area contributed by atoms with Crippen molar-refractivity contribution in [1.29, 1.82) is 0 Å². The molecule has 2 fully saturated rings. The van der Waals surface area contributed by atoms with Crippen LogP contribution in [0.1, 0.15) is 57.3 Å². The third kappa shape index (κ3) is 4.47. The number of hydrogen-bond acceptors (Lipinski definition) is 5. The number of nitrogens with zero attached hydrogens (tertiary/aromatic N) is 3. The quantitative estimate of drug-likeness (QED) is 0.804. The maximum atomic E-state index is 12.7. The molecule has 0 radical (unpaired) electrons. The number of carbonyl (C=O) groups is 1. The van der Waals surface area contributed by atoms with Gasteiger partial charge in [0.25, 0.3) is 0 Å². The summed E-state index contributed by atoms with van der Waals surface area (Å²) < 4.78 is 11.1. The molecule has 6 heteroatoms. The maximum Gasteiger partial charge on any atom is 0.410 e. The summed E-state index contributed by atoms with van der Waals surface area (Å²) in [5, 5.41) is 0. The van der Waals surface area contributed by atoms with Gasteiger partial charge in [-0.25, -0.2) is 9.78 Å². The van der Waals surface area contributed by atoms with Gasteiger partial charge in [-0.15, -0.1) is 0 Å². The van der Waals surface area contributed by atoms with Crippen molar-refractivity contribution in [2.24, 2.45) is 0 Å². The van der Waals surface area contributed by atoms with Crippen LogP contribution < -0.4 is 4.90 Å². The number of hydrogen-bond donors (Lipinski definition) is 0. The van der Waals surface area contributed by atoms with Crippen LogP contribution in [-0.4, -0.2) is 54.4 Å². The van der Waals surface area contributed by atoms with Gasteiger partial charge in [-0.05, 0) is 58.6 Å². The summed E-state index contributed by atoms with van der Waals surface area (Å²) in [6, 6.07) is 4.26. The van der Waals surface area contributed by atoms with E-state index in [1.807, 2.05) is 32.6 Å². The summed E-state index contributed by atoms with van der Waals surface area (Å²) >= 11 is 0. The lowest BCUT2D eigenvalue weighted by molar-refractivity contribution is 0.00941. The van der Waals surface area contributed by atoms with E-state index in [0.29, 0.717) is 0 Å². The Hall–Kier alpha value is -1.82. The molecule has 6 nitrogen and oxygen atoms in total. The summed E-state index contributed by atoms with van der Waals surface area (Å²) in [6.45, 7) is 11.8. The van der Waals surface area contributed by atoms with Crippen LogP contribution in [0.4, 0.5) is 10.6 Å². The highest BCUT2D eigenvalue weighted by Crippen LogP contribution is 2.34. The first-order chi connectivity index (χ1) is 12.3. The third-order valence-corrected chi connectivity index (χ3v) is 4.94. The number of carbonyl (C=O) groups excluding carboxylic acids is 1. The van der Waals surface area contributed by atoms with E-state index in [1.54, 1.807) is 0 Å². The molecule has 1 amide bonds. The van der Waals surface area contributed by atoms with E-state index in [1.165, 1.54) is 0 Å². The fourth-order valence-electron chi connectivity index (χ4n) is 3.67. The van der Waals surface area contributed by atoms with Gasteiger partial charge in [0.15, 0.2) is 0 Å². The van der Waals surface area contributed by atoms with E-state index in [0.717, 1.165) is 69.2 Å². The normalized spacial score (nSPS) is 21.6. The average Bonchev–Trinajstić information content (AvgIpc) is 2.61. The first-order valence-corrected chi connectivity index (χ1v) is 9.65. The second-order valence-corrected chi connectivity index (χ2v) is 8.13. The van der Waals surface area contributed by atoms with E-state index in [-0.39, 0.29) is 12.1 Å². The summed E-state index contributed by atoms with van der Waals surface area (Å²) in [7, 11) is 0. The Bertz CT molecular complexity index is 636. The molecular weight excluding hydrogens is 330 g/mol. The second kappa shape index (κ2) is 7.82. The SMILES string of the molecule is Cc1nc(N2CCOCC2)ccc1[C@H]1CCCCN1C(=O)OC(C)(C)C. The van der Waals surface area contributed by atoms with Crippen molar-refractivity contribution in [3.8, 4) is 0 Å². The molecule has 2 saturated heterocycles. The van der Waals surface area contributed by atoms with E-state index >= 15 is 0 Å². The first-order valence-electron chi connectivity index (χ1n) is 9.65. The van der Waals surface area contributed by atoms with Gasteiger partial charge in [0.2, 0.25) is 0 Å². The summed E-state index contributed by atoms with van der Waals surface area (Å²) in [4.78, 5) is 21.7. The van der Waals surface area contributed by atoms with E-state index in [2.05, 4.69) is 17.0 Å². The standard InChI is InChI=1S/C20H31N3O3/c1-15-16(8-9-18(21-15)22-11-13-25-14-12-22)17-7-5-6-10-23(17)19(24)26-20(2,3)4/h8-9,17H,5-7,10-14H2,1-4H3/t17-/m1/s1. The highest BCUT2D eigenvalue weighted by atomic mass is 16.6. The minimum absolute atomic E-state index is 0.0461.